The third kappa shape index (κ3) is 5.02. The molecule has 0 aromatic carbocycles. The summed E-state index contributed by atoms with van der Waals surface area (Å²) in [7, 11) is 0. The summed E-state index contributed by atoms with van der Waals surface area (Å²) >= 11 is 0. The molecule has 2 N–H and O–H groups in total. The molecule has 1 aromatic heterocycles. The SMILES string of the molecule is CC(C)CC(CNc1nccc(C(F)(F)F)n1)C(=O)O. The average Bonchev–Trinajstić information content (AvgIpc) is 2.33. The second-order valence-corrected chi connectivity index (χ2v) is 4.81. The first kappa shape index (κ1) is 16.2. The van der Waals surface area contributed by atoms with Gasteiger partial charge in [-0.2, -0.15) is 13.2 Å². The van der Waals surface area contributed by atoms with Crippen molar-refractivity contribution in [1.82, 2.24) is 9.97 Å². The highest BCUT2D eigenvalue weighted by molar-refractivity contribution is 5.70. The van der Waals surface area contributed by atoms with Crippen molar-refractivity contribution in [3.8, 4) is 0 Å². The van der Waals surface area contributed by atoms with E-state index in [0.29, 0.717) is 6.42 Å². The Morgan fingerprint density at radius 2 is 2.10 bits per heavy atom. The van der Waals surface area contributed by atoms with E-state index >= 15 is 0 Å². The molecule has 5 nitrogen and oxygen atoms in total. The van der Waals surface area contributed by atoms with Crippen LogP contribution in [0.2, 0.25) is 0 Å². The van der Waals surface area contributed by atoms with Crippen molar-refractivity contribution in [2.75, 3.05) is 11.9 Å². The molecule has 1 aromatic rings. The molecule has 20 heavy (non-hydrogen) atoms. The lowest BCUT2D eigenvalue weighted by Crippen LogP contribution is -2.25. The minimum atomic E-state index is -4.55. The molecule has 0 fully saturated rings. The van der Waals surface area contributed by atoms with Gasteiger partial charge in [-0.1, -0.05) is 13.8 Å². The number of nitrogens with one attached hydrogen (secondary N) is 1. The number of aliphatic carboxylic acids is 1. The van der Waals surface area contributed by atoms with E-state index in [0.717, 1.165) is 12.3 Å². The fraction of sp³-hybridized carbons (Fsp3) is 0.583. The fourth-order valence-electron chi connectivity index (χ4n) is 1.66. The van der Waals surface area contributed by atoms with Crippen LogP contribution in [0.4, 0.5) is 19.1 Å². The predicted molar refractivity (Wildman–Crippen MR) is 66.1 cm³/mol. The third-order valence-corrected chi connectivity index (χ3v) is 2.56. The van der Waals surface area contributed by atoms with Gasteiger partial charge >= 0.3 is 12.1 Å². The van der Waals surface area contributed by atoms with Gasteiger partial charge in [-0.25, -0.2) is 9.97 Å². The van der Waals surface area contributed by atoms with E-state index in [-0.39, 0.29) is 18.4 Å². The Morgan fingerprint density at radius 1 is 1.45 bits per heavy atom. The Bertz CT molecular complexity index is 464. The van der Waals surface area contributed by atoms with Gasteiger partial charge in [-0.05, 0) is 18.4 Å². The van der Waals surface area contributed by atoms with Crippen molar-refractivity contribution >= 4 is 11.9 Å². The maximum absolute atomic E-state index is 12.5. The van der Waals surface area contributed by atoms with Crippen LogP contribution in [0, 0.1) is 11.8 Å². The lowest BCUT2D eigenvalue weighted by Gasteiger charge is -2.15. The molecule has 0 amide bonds. The van der Waals surface area contributed by atoms with Crippen LogP contribution >= 0.6 is 0 Å². The molecule has 1 heterocycles. The molecule has 0 saturated heterocycles. The number of hydrogen-bond acceptors (Lipinski definition) is 4. The number of aromatic nitrogens is 2. The molecule has 0 spiro atoms. The number of carboxylic acids is 1. The summed E-state index contributed by atoms with van der Waals surface area (Å²) in [4.78, 5) is 18.0. The summed E-state index contributed by atoms with van der Waals surface area (Å²) in [5, 5.41) is 11.6. The van der Waals surface area contributed by atoms with Gasteiger partial charge in [0.25, 0.3) is 0 Å². The highest BCUT2D eigenvalue weighted by atomic mass is 19.4. The monoisotopic (exact) mass is 291 g/mol. The molecule has 8 heteroatoms. The van der Waals surface area contributed by atoms with E-state index in [1.165, 1.54) is 0 Å². The first-order valence-corrected chi connectivity index (χ1v) is 6.07. The molecule has 0 radical (unpaired) electrons. The molecule has 0 aliphatic rings. The van der Waals surface area contributed by atoms with Crippen molar-refractivity contribution in [1.29, 1.82) is 0 Å². The van der Waals surface area contributed by atoms with Crippen LogP contribution in [-0.2, 0) is 11.0 Å². The van der Waals surface area contributed by atoms with Gasteiger partial charge in [0.05, 0.1) is 5.92 Å². The van der Waals surface area contributed by atoms with Crippen molar-refractivity contribution < 1.29 is 23.1 Å². The summed E-state index contributed by atoms with van der Waals surface area (Å²) in [6.45, 7) is 3.72. The van der Waals surface area contributed by atoms with E-state index in [9.17, 15) is 18.0 Å². The Kier molecular flexibility index (Phi) is 5.29. The van der Waals surface area contributed by atoms with Gasteiger partial charge in [0.2, 0.25) is 5.95 Å². The van der Waals surface area contributed by atoms with Gasteiger partial charge in [-0.15, -0.1) is 0 Å². The Morgan fingerprint density at radius 3 is 2.60 bits per heavy atom. The number of halogens is 3. The number of rotatable bonds is 6. The summed E-state index contributed by atoms with van der Waals surface area (Å²) in [5.74, 6) is -1.76. The summed E-state index contributed by atoms with van der Waals surface area (Å²) in [6.07, 6.45) is -3.15. The van der Waals surface area contributed by atoms with Gasteiger partial charge in [0, 0.05) is 12.7 Å². The molecule has 0 aliphatic heterocycles. The largest absolute Gasteiger partial charge is 0.481 e. The smallest absolute Gasteiger partial charge is 0.433 e. The zero-order valence-electron chi connectivity index (χ0n) is 11.1. The van der Waals surface area contributed by atoms with Crippen LogP contribution in [0.25, 0.3) is 0 Å². The molecular formula is C12H16F3N3O2. The van der Waals surface area contributed by atoms with E-state index < -0.39 is 23.8 Å². The van der Waals surface area contributed by atoms with E-state index in [1.807, 2.05) is 13.8 Å². The average molecular weight is 291 g/mol. The highest BCUT2D eigenvalue weighted by Crippen LogP contribution is 2.27. The molecular weight excluding hydrogens is 275 g/mol. The lowest BCUT2D eigenvalue weighted by molar-refractivity contribution is -0.142. The molecule has 0 bridgehead atoms. The first-order valence-electron chi connectivity index (χ1n) is 6.07. The number of nitrogens with zero attached hydrogens (tertiary/aromatic N) is 2. The van der Waals surface area contributed by atoms with Crippen molar-refractivity contribution in [3.05, 3.63) is 18.0 Å². The van der Waals surface area contributed by atoms with Crippen molar-refractivity contribution in [2.24, 2.45) is 11.8 Å². The standard InChI is InChI=1S/C12H16F3N3O2/c1-7(2)5-8(10(19)20)6-17-11-16-4-3-9(18-11)12(13,14)15/h3-4,7-8H,5-6H2,1-2H3,(H,19,20)(H,16,17,18). The molecule has 1 rings (SSSR count). The number of carboxylic acid groups (broad SMARTS) is 1. The van der Waals surface area contributed by atoms with Gasteiger partial charge in [-0.3, -0.25) is 4.79 Å². The fourth-order valence-corrected chi connectivity index (χ4v) is 1.66. The molecule has 112 valence electrons. The number of anilines is 1. The second-order valence-electron chi connectivity index (χ2n) is 4.81. The van der Waals surface area contributed by atoms with Crippen molar-refractivity contribution in [3.63, 3.8) is 0 Å². The zero-order valence-corrected chi connectivity index (χ0v) is 11.1. The first-order chi connectivity index (χ1) is 9.20. The number of hydrogen-bond donors (Lipinski definition) is 2. The summed E-state index contributed by atoms with van der Waals surface area (Å²) in [6, 6.07) is 0.758. The maximum Gasteiger partial charge on any atom is 0.433 e. The topological polar surface area (TPSA) is 75.1 Å². The quantitative estimate of drug-likeness (QED) is 0.842. The van der Waals surface area contributed by atoms with E-state index in [2.05, 4.69) is 15.3 Å². The summed E-state index contributed by atoms with van der Waals surface area (Å²) in [5.41, 5.74) is -1.06. The van der Waals surface area contributed by atoms with Crippen LogP contribution in [0.1, 0.15) is 26.0 Å². The van der Waals surface area contributed by atoms with Crippen LogP contribution in [0.15, 0.2) is 12.3 Å². The van der Waals surface area contributed by atoms with Crippen LogP contribution in [-0.4, -0.2) is 27.6 Å². The predicted octanol–water partition coefficient (Wildman–Crippen LogP) is 2.65. The van der Waals surface area contributed by atoms with E-state index in [4.69, 9.17) is 5.11 Å². The van der Waals surface area contributed by atoms with Crippen LogP contribution in [0.5, 0.6) is 0 Å². The normalized spacial score (nSPS) is 13.3. The van der Waals surface area contributed by atoms with Gasteiger partial charge < -0.3 is 10.4 Å². The van der Waals surface area contributed by atoms with Gasteiger partial charge in [0.15, 0.2) is 0 Å². The number of carbonyl (C=O) groups is 1. The molecule has 1 atom stereocenters. The zero-order chi connectivity index (χ0) is 15.3. The summed E-state index contributed by atoms with van der Waals surface area (Å²) < 4.78 is 37.4. The Labute approximate surface area is 114 Å². The molecule has 1 unspecified atom stereocenters. The van der Waals surface area contributed by atoms with Crippen LogP contribution in [0.3, 0.4) is 0 Å². The Balaban J connectivity index is 2.71. The second kappa shape index (κ2) is 6.53. The van der Waals surface area contributed by atoms with Crippen LogP contribution < -0.4 is 5.32 Å². The highest BCUT2D eigenvalue weighted by Gasteiger charge is 2.32. The minimum Gasteiger partial charge on any atom is -0.481 e. The molecule has 0 aliphatic carbocycles. The molecule has 0 saturated carbocycles. The maximum atomic E-state index is 12.5. The van der Waals surface area contributed by atoms with Crippen molar-refractivity contribution in [2.45, 2.75) is 26.4 Å². The minimum absolute atomic E-state index is 0.0190. The van der Waals surface area contributed by atoms with Gasteiger partial charge in [0.1, 0.15) is 5.69 Å². The lowest BCUT2D eigenvalue weighted by atomic mass is 9.97. The number of alkyl halides is 3. The third-order valence-electron chi connectivity index (χ3n) is 2.56. The van der Waals surface area contributed by atoms with E-state index in [1.54, 1.807) is 0 Å². The Hall–Kier alpha value is -1.86.